The van der Waals surface area contributed by atoms with Crippen molar-refractivity contribution < 1.29 is 39.6 Å². The van der Waals surface area contributed by atoms with E-state index < -0.39 is 35.0 Å². The van der Waals surface area contributed by atoms with Crippen LogP contribution < -0.4 is 0 Å². The lowest BCUT2D eigenvalue weighted by Gasteiger charge is -2.06. The maximum absolute atomic E-state index is 11.4. The molecule has 26 heavy (non-hydrogen) atoms. The molecule has 0 bridgehead atoms. The lowest BCUT2D eigenvalue weighted by molar-refractivity contribution is 0.0651. The Morgan fingerprint density at radius 1 is 0.654 bits per heavy atom. The molecule has 0 atom stereocenters. The number of aromatic carboxylic acids is 4. The Kier molecular flexibility index (Phi) is 5.17. The van der Waals surface area contributed by atoms with Gasteiger partial charge in [0.25, 0.3) is 0 Å². The van der Waals surface area contributed by atoms with Crippen LogP contribution in [0, 0.1) is 0 Å². The number of rotatable bonds is 6. The van der Waals surface area contributed by atoms with Gasteiger partial charge in [0, 0.05) is 0 Å². The standard InChI is InChI=1S/C18H12O8/c19-15(20)11-7-5-9(13(8-11)17(23)24)4-6-10-2-1-3-12(16(21)22)14(10)18(25)26/h1-8H,(H,19,20)(H,21,22)(H,23,24)(H,25,26)/b6-4-. The maximum atomic E-state index is 11.4. The summed E-state index contributed by atoms with van der Waals surface area (Å²) in [6.07, 6.45) is 2.54. The van der Waals surface area contributed by atoms with Crippen molar-refractivity contribution in [2.24, 2.45) is 0 Å². The molecule has 2 aromatic rings. The quantitative estimate of drug-likeness (QED) is 0.577. The van der Waals surface area contributed by atoms with Gasteiger partial charge in [-0.3, -0.25) is 0 Å². The molecule has 0 aromatic heterocycles. The zero-order valence-electron chi connectivity index (χ0n) is 13.0. The maximum Gasteiger partial charge on any atom is 0.337 e. The van der Waals surface area contributed by atoms with Gasteiger partial charge < -0.3 is 20.4 Å². The molecule has 8 nitrogen and oxygen atoms in total. The van der Waals surface area contributed by atoms with Crippen molar-refractivity contribution in [2.75, 3.05) is 0 Å². The number of hydrogen-bond donors (Lipinski definition) is 4. The minimum absolute atomic E-state index is 0.0658. The van der Waals surface area contributed by atoms with Gasteiger partial charge in [-0.2, -0.15) is 0 Å². The van der Waals surface area contributed by atoms with Gasteiger partial charge >= 0.3 is 23.9 Å². The molecular formula is C18H12O8. The molecule has 0 fully saturated rings. The first-order valence-electron chi connectivity index (χ1n) is 7.10. The molecule has 0 aliphatic rings. The van der Waals surface area contributed by atoms with Crippen LogP contribution >= 0.6 is 0 Å². The van der Waals surface area contributed by atoms with E-state index in [-0.39, 0.29) is 22.3 Å². The van der Waals surface area contributed by atoms with Gasteiger partial charge in [0.1, 0.15) is 0 Å². The van der Waals surface area contributed by atoms with Gasteiger partial charge in [-0.25, -0.2) is 19.2 Å². The fourth-order valence-corrected chi connectivity index (χ4v) is 2.33. The fourth-order valence-electron chi connectivity index (χ4n) is 2.33. The molecule has 0 radical (unpaired) electrons. The van der Waals surface area contributed by atoms with Crippen LogP contribution in [-0.2, 0) is 0 Å². The van der Waals surface area contributed by atoms with Crippen molar-refractivity contribution in [3.8, 4) is 0 Å². The number of carboxylic acid groups (broad SMARTS) is 4. The highest BCUT2D eigenvalue weighted by atomic mass is 16.4. The molecule has 0 amide bonds. The lowest BCUT2D eigenvalue weighted by atomic mass is 9.98. The summed E-state index contributed by atoms with van der Waals surface area (Å²) >= 11 is 0. The van der Waals surface area contributed by atoms with Crippen LogP contribution in [0.1, 0.15) is 52.6 Å². The van der Waals surface area contributed by atoms with Gasteiger partial charge in [0.05, 0.1) is 22.3 Å². The van der Waals surface area contributed by atoms with Crippen LogP contribution in [0.2, 0.25) is 0 Å². The van der Waals surface area contributed by atoms with Gasteiger partial charge in [-0.05, 0) is 29.3 Å². The monoisotopic (exact) mass is 356 g/mol. The van der Waals surface area contributed by atoms with E-state index in [2.05, 4.69) is 0 Å². The molecule has 2 rings (SSSR count). The van der Waals surface area contributed by atoms with Gasteiger partial charge in [0.2, 0.25) is 0 Å². The first-order chi connectivity index (χ1) is 12.2. The SMILES string of the molecule is O=C(O)c1ccc(/C=C\c2cccc(C(=O)O)c2C(=O)O)c(C(=O)O)c1. The molecule has 0 spiro atoms. The number of hydrogen-bond acceptors (Lipinski definition) is 4. The second-order valence-corrected chi connectivity index (χ2v) is 5.13. The second kappa shape index (κ2) is 7.31. The second-order valence-electron chi connectivity index (χ2n) is 5.13. The molecule has 132 valence electrons. The van der Waals surface area contributed by atoms with Crippen LogP contribution in [0.5, 0.6) is 0 Å². The number of benzene rings is 2. The number of carboxylic acids is 4. The van der Waals surface area contributed by atoms with Crippen molar-refractivity contribution in [2.45, 2.75) is 0 Å². The van der Waals surface area contributed by atoms with E-state index in [1.165, 1.54) is 36.4 Å². The van der Waals surface area contributed by atoms with E-state index in [9.17, 15) is 29.4 Å². The molecule has 0 aliphatic heterocycles. The summed E-state index contributed by atoms with van der Waals surface area (Å²) in [5.41, 5.74) is -1.13. The van der Waals surface area contributed by atoms with Crippen LogP contribution in [-0.4, -0.2) is 44.3 Å². The highest BCUT2D eigenvalue weighted by Gasteiger charge is 2.19. The Morgan fingerprint density at radius 2 is 1.27 bits per heavy atom. The van der Waals surface area contributed by atoms with Gasteiger partial charge in [0.15, 0.2) is 0 Å². The molecule has 0 unspecified atom stereocenters. The smallest absolute Gasteiger partial charge is 0.337 e. The minimum atomic E-state index is -1.44. The average Bonchev–Trinajstić information content (AvgIpc) is 2.58. The van der Waals surface area contributed by atoms with Crippen LogP contribution in [0.25, 0.3) is 12.2 Å². The first-order valence-corrected chi connectivity index (χ1v) is 7.10. The van der Waals surface area contributed by atoms with E-state index in [1.54, 1.807) is 0 Å². The third kappa shape index (κ3) is 3.75. The van der Waals surface area contributed by atoms with Crippen molar-refractivity contribution in [1.29, 1.82) is 0 Å². The molecule has 0 heterocycles. The lowest BCUT2D eigenvalue weighted by Crippen LogP contribution is -2.09. The predicted molar refractivity (Wildman–Crippen MR) is 89.6 cm³/mol. The highest BCUT2D eigenvalue weighted by molar-refractivity contribution is 6.05. The minimum Gasteiger partial charge on any atom is -0.478 e. The molecule has 0 saturated carbocycles. The summed E-state index contributed by atoms with van der Waals surface area (Å²) < 4.78 is 0. The summed E-state index contributed by atoms with van der Waals surface area (Å²) in [6.45, 7) is 0. The van der Waals surface area contributed by atoms with E-state index in [0.29, 0.717) is 0 Å². The van der Waals surface area contributed by atoms with Crippen LogP contribution in [0.15, 0.2) is 36.4 Å². The molecular weight excluding hydrogens is 344 g/mol. The zero-order valence-corrected chi connectivity index (χ0v) is 13.0. The molecule has 0 aliphatic carbocycles. The first kappa shape index (κ1) is 18.4. The molecule has 4 N–H and O–H groups in total. The van der Waals surface area contributed by atoms with Gasteiger partial charge in [-0.1, -0.05) is 30.4 Å². The van der Waals surface area contributed by atoms with E-state index >= 15 is 0 Å². The largest absolute Gasteiger partial charge is 0.478 e. The van der Waals surface area contributed by atoms with Crippen LogP contribution in [0.4, 0.5) is 0 Å². The third-order valence-corrected chi connectivity index (χ3v) is 3.51. The number of carbonyl (C=O) groups is 4. The predicted octanol–water partition coefficient (Wildman–Crippen LogP) is 2.65. The molecule has 8 heteroatoms. The molecule has 2 aromatic carbocycles. The normalized spacial score (nSPS) is 10.6. The summed E-state index contributed by atoms with van der Waals surface area (Å²) in [7, 11) is 0. The van der Waals surface area contributed by atoms with E-state index in [1.807, 2.05) is 0 Å². The van der Waals surface area contributed by atoms with Crippen molar-refractivity contribution >= 4 is 36.0 Å². The van der Waals surface area contributed by atoms with Gasteiger partial charge in [-0.15, -0.1) is 0 Å². The summed E-state index contributed by atoms with van der Waals surface area (Å²) in [5.74, 6) is -5.49. The van der Waals surface area contributed by atoms with E-state index in [0.717, 1.165) is 12.1 Å². The Labute approximate surface area is 146 Å². The Bertz CT molecular complexity index is 956. The summed E-state index contributed by atoms with van der Waals surface area (Å²) in [4.78, 5) is 44.9. The fraction of sp³-hybridized carbons (Fsp3) is 0. The molecule has 0 saturated heterocycles. The topological polar surface area (TPSA) is 149 Å². The van der Waals surface area contributed by atoms with Crippen molar-refractivity contribution in [3.63, 3.8) is 0 Å². The Morgan fingerprint density at radius 3 is 1.81 bits per heavy atom. The average molecular weight is 356 g/mol. The Balaban J connectivity index is 2.56. The Hall–Kier alpha value is -3.94. The summed E-state index contributed by atoms with van der Waals surface area (Å²) in [6, 6.07) is 7.34. The van der Waals surface area contributed by atoms with Crippen molar-refractivity contribution in [1.82, 2.24) is 0 Å². The third-order valence-electron chi connectivity index (χ3n) is 3.51. The zero-order chi connectivity index (χ0) is 19.4. The summed E-state index contributed by atoms with van der Waals surface area (Å²) in [5, 5.41) is 36.5. The van der Waals surface area contributed by atoms with Crippen molar-refractivity contribution in [3.05, 3.63) is 69.8 Å². The van der Waals surface area contributed by atoms with E-state index in [4.69, 9.17) is 10.2 Å². The van der Waals surface area contributed by atoms with Crippen LogP contribution in [0.3, 0.4) is 0 Å². The highest BCUT2D eigenvalue weighted by Crippen LogP contribution is 2.20.